The molecule has 0 unspecified atom stereocenters. The van der Waals surface area contributed by atoms with Gasteiger partial charge in [0.1, 0.15) is 0 Å². The molecule has 0 aliphatic rings. The molecule has 0 atom stereocenters. The Bertz CT molecular complexity index is 410. The fraction of sp³-hybridized carbons (Fsp3) is 0.462. The Labute approximate surface area is 126 Å². The Morgan fingerprint density at radius 2 is 2.22 bits per heavy atom. The van der Waals surface area contributed by atoms with Gasteiger partial charge >= 0.3 is 0 Å². The molecule has 1 amide bonds. The van der Waals surface area contributed by atoms with Gasteiger partial charge in [0.25, 0.3) is 5.91 Å². The van der Waals surface area contributed by atoms with Gasteiger partial charge in [-0.3, -0.25) is 4.79 Å². The van der Waals surface area contributed by atoms with E-state index in [2.05, 4.69) is 27.9 Å². The maximum atomic E-state index is 11.8. The molecule has 18 heavy (non-hydrogen) atoms. The summed E-state index contributed by atoms with van der Waals surface area (Å²) in [7, 11) is 0. The molecule has 1 aromatic carbocycles. The van der Waals surface area contributed by atoms with Crippen molar-refractivity contribution in [2.75, 3.05) is 13.2 Å². The predicted molar refractivity (Wildman–Crippen MR) is 82.2 cm³/mol. The number of halogens is 2. The van der Waals surface area contributed by atoms with Crippen LogP contribution in [-0.2, 0) is 4.74 Å². The second kappa shape index (κ2) is 7.96. The van der Waals surface area contributed by atoms with Gasteiger partial charge in [0.05, 0.1) is 11.1 Å². The molecule has 3 nitrogen and oxygen atoms in total. The molecule has 1 rings (SSSR count). The van der Waals surface area contributed by atoms with E-state index in [0.29, 0.717) is 23.7 Å². The topological polar surface area (TPSA) is 38.3 Å². The average Bonchev–Trinajstić information content (AvgIpc) is 2.31. The molecule has 0 aliphatic carbocycles. The zero-order valence-electron chi connectivity index (χ0n) is 10.5. The molecule has 0 radical (unpaired) electrons. The van der Waals surface area contributed by atoms with Gasteiger partial charge in [-0.1, -0.05) is 11.6 Å². The van der Waals surface area contributed by atoms with Gasteiger partial charge in [-0.05, 0) is 61.1 Å². The highest BCUT2D eigenvalue weighted by atomic mass is 127. The van der Waals surface area contributed by atoms with Gasteiger partial charge in [-0.25, -0.2) is 0 Å². The Hall–Kier alpha value is -0.330. The molecule has 1 N–H and O–H groups in total. The first-order valence-corrected chi connectivity index (χ1v) is 7.31. The number of carbonyl (C=O) groups excluding carboxylic acids is 1. The van der Waals surface area contributed by atoms with E-state index in [0.717, 1.165) is 9.99 Å². The average molecular weight is 382 g/mol. The van der Waals surface area contributed by atoms with Crippen molar-refractivity contribution in [3.05, 3.63) is 32.4 Å². The molecular weight excluding hydrogens is 365 g/mol. The Balaban J connectivity index is 2.34. The van der Waals surface area contributed by atoms with Crippen LogP contribution in [0.5, 0.6) is 0 Å². The van der Waals surface area contributed by atoms with Crippen molar-refractivity contribution in [3.63, 3.8) is 0 Å². The number of hydrogen-bond acceptors (Lipinski definition) is 2. The first-order chi connectivity index (χ1) is 8.50. The molecule has 1 aromatic rings. The van der Waals surface area contributed by atoms with E-state index in [9.17, 15) is 4.79 Å². The van der Waals surface area contributed by atoms with Crippen LogP contribution in [0.2, 0.25) is 5.02 Å². The maximum Gasteiger partial charge on any atom is 0.251 e. The van der Waals surface area contributed by atoms with Crippen LogP contribution < -0.4 is 5.32 Å². The minimum Gasteiger partial charge on any atom is -0.379 e. The summed E-state index contributed by atoms with van der Waals surface area (Å²) in [6.45, 7) is 5.25. The highest BCUT2D eigenvalue weighted by Gasteiger charge is 2.07. The largest absolute Gasteiger partial charge is 0.379 e. The van der Waals surface area contributed by atoms with E-state index < -0.39 is 0 Å². The number of nitrogens with one attached hydrogen (secondary N) is 1. The summed E-state index contributed by atoms with van der Waals surface area (Å²) in [5, 5.41) is 3.44. The monoisotopic (exact) mass is 381 g/mol. The number of benzene rings is 1. The van der Waals surface area contributed by atoms with Crippen LogP contribution in [0.4, 0.5) is 0 Å². The highest BCUT2D eigenvalue weighted by molar-refractivity contribution is 14.1. The van der Waals surface area contributed by atoms with Crippen molar-refractivity contribution in [1.82, 2.24) is 5.32 Å². The molecule has 0 heterocycles. The summed E-state index contributed by atoms with van der Waals surface area (Å²) in [5.41, 5.74) is 0.588. The molecule has 100 valence electrons. The van der Waals surface area contributed by atoms with Crippen LogP contribution in [-0.4, -0.2) is 25.2 Å². The lowest BCUT2D eigenvalue weighted by Gasteiger charge is -2.08. The standard InChI is InChI=1S/C13H17ClINO2/c1-9(2)18-7-3-6-16-13(17)10-4-5-12(15)11(14)8-10/h4-5,8-9H,3,6-7H2,1-2H3,(H,16,17). The van der Waals surface area contributed by atoms with Gasteiger partial charge in [0, 0.05) is 22.3 Å². The fourth-order valence-corrected chi connectivity index (χ4v) is 1.85. The van der Waals surface area contributed by atoms with E-state index in [1.54, 1.807) is 12.1 Å². The van der Waals surface area contributed by atoms with Crippen LogP contribution in [0.15, 0.2) is 18.2 Å². The van der Waals surface area contributed by atoms with Gasteiger partial charge < -0.3 is 10.1 Å². The third-order valence-corrected chi connectivity index (χ3v) is 3.81. The Kier molecular flexibility index (Phi) is 6.96. The fourth-order valence-electron chi connectivity index (χ4n) is 1.33. The molecule has 0 saturated carbocycles. The third kappa shape index (κ3) is 5.54. The maximum absolute atomic E-state index is 11.8. The SMILES string of the molecule is CC(C)OCCCNC(=O)c1ccc(I)c(Cl)c1. The van der Waals surface area contributed by atoms with Crippen molar-refractivity contribution in [3.8, 4) is 0 Å². The second-order valence-corrected chi connectivity index (χ2v) is 5.73. The molecule has 0 aliphatic heterocycles. The lowest BCUT2D eigenvalue weighted by atomic mass is 10.2. The van der Waals surface area contributed by atoms with Crippen LogP contribution in [0.3, 0.4) is 0 Å². The van der Waals surface area contributed by atoms with Crippen molar-refractivity contribution in [1.29, 1.82) is 0 Å². The van der Waals surface area contributed by atoms with Crippen molar-refractivity contribution < 1.29 is 9.53 Å². The van der Waals surface area contributed by atoms with Crippen molar-refractivity contribution in [2.24, 2.45) is 0 Å². The summed E-state index contributed by atoms with van der Waals surface area (Å²) >= 11 is 8.10. The molecule has 0 fully saturated rings. The van der Waals surface area contributed by atoms with Crippen LogP contribution >= 0.6 is 34.2 Å². The molecular formula is C13H17ClINO2. The van der Waals surface area contributed by atoms with E-state index in [4.69, 9.17) is 16.3 Å². The molecule has 0 spiro atoms. The van der Waals surface area contributed by atoms with E-state index >= 15 is 0 Å². The van der Waals surface area contributed by atoms with Crippen LogP contribution in [0.1, 0.15) is 30.6 Å². The summed E-state index contributed by atoms with van der Waals surface area (Å²) in [6, 6.07) is 5.29. The van der Waals surface area contributed by atoms with E-state index in [-0.39, 0.29) is 12.0 Å². The van der Waals surface area contributed by atoms with Crippen molar-refractivity contribution in [2.45, 2.75) is 26.4 Å². The number of ether oxygens (including phenoxy) is 1. The summed E-state index contributed by atoms with van der Waals surface area (Å²) in [4.78, 5) is 11.8. The summed E-state index contributed by atoms with van der Waals surface area (Å²) < 4.78 is 6.33. The zero-order chi connectivity index (χ0) is 13.5. The molecule has 0 bridgehead atoms. The van der Waals surface area contributed by atoms with Gasteiger partial charge in [-0.15, -0.1) is 0 Å². The lowest BCUT2D eigenvalue weighted by molar-refractivity contribution is 0.0757. The quantitative estimate of drug-likeness (QED) is 0.605. The second-order valence-electron chi connectivity index (χ2n) is 4.16. The first-order valence-electron chi connectivity index (χ1n) is 5.85. The molecule has 0 aromatic heterocycles. The Morgan fingerprint density at radius 3 is 2.83 bits per heavy atom. The predicted octanol–water partition coefficient (Wildman–Crippen LogP) is 3.49. The minimum absolute atomic E-state index is 0.0992. The van der Waals surface area contributed by atoms with Crippen molar-refractivity contribution >= 4 is 40.1 Å². The minimum atomic E-state index is -0.0992. The highest BCUT2D eigenvalue weighted by Crippen LogP contribution is 2.19. The summed E-state index contributed by atoms with van der Waals surface area (Å²) in [6.07, 6.45) is 1.04. The van der Waals surface area contributed by atoms with Gasteiger partial charge in [0.15, 0.2) is 0 Å². The zero-order valence-corrected chi connectivity index (χ0v) is 13.4. The normalized spacial score (nSPS) is 10.7. The van der Waals surface area contributed by atoms with E-state index in [1.807, 2.05) is 19.9 Å². The third-order valence-electron chi connectivity index (χ3n) is 2.24. The summed E-state index contributed by atoms with van der Waals surface area (Å²) in [5.74, 6) is -0.0992. The molecule has 5 heteroatoms. The molecule has 0 saturated heterocycles. The number of amides is 1. The number of rotatable bonds is 6. The van der Waals surface area contributed by atoms with E-state index in [1.165, 1.54) is 0 Å². The van der Waals surface area contributed by atoms with Crippen LogP contribution in [0.25, 0.3) is 0 Å². The number of carbonyl (C=O) groups is 1. The Morgan fingerprint density at radius 1 is 1.50 bits per heavy atom. The van der Waals surface area contributed by atoms with Gasteiger partial charge in [0.2, 0.25) is 0 Å². The smallest absolute Gasteiger partial charge is 0.251 e. The van der Waals surface area contributed by atoms with Gasteiger partial charge in [-0.2, -0.15) is 0 Å². The van der Waals surface area contributed by atoms with Crippen LogP contribution in [0, 0.1) is 3.57 Å². The first kappa shape index (κ1) is 15.7. The lowest BCUT2D eigenvalue weighted by Crippen LogP contribution is -2.25. The number of hydrogen-bond donors (Lipinski definition) is 1.